The zero-order chi connectivity index (χ0) is 13.7. The lowest BCUT2D eigenvalue weighted by Crippen LogP contribution is -2.15. The second kappa shape index (κ2) is 6.13. The smallest absolute Gasteiger partial charge is 0.334 e. The van der Waals surface area contributed by atoms with Crippen molar-refractivity contribution >= 4 is 5.97 Å². The summed E-state index contributed by atoms with van der Waals surface area (Å²) in [6.07, 6.45) is 1.31. The van der Waals surface area contributed by atoms with Crippen LogP contribution in [0.25, 0.3) is 0 Å². The largest absolute Gasteiger partial charge is 0.486 e. The Bertz CT molecular complexity index is 493. The lowest BCUT2D eigenvalue weighted by atomic mass is 10.3. The summed E-state index contributed by atoms with van der Waals surface area (Å²) >= 11 is 0. The van der Waals surface area contributed by atoms with Crippen molar-refractivity contribution in [1.29, 1.82) is 0 Å². The van der Waals surface area contributed by atoms with Crippen LogP contribution in [-0.4, -0.2) is 25.8 Å². The Morgan fingerprint density at radius 1 is 1.32 bits per heavy atom. The van der Waals surface area contributed by atoms with Crippen LogP contribution in [0.2, 0.25) is 0 Å². The average molecular weight is 264 g/mol. The topological polar surface area (TPSA) is 54.0 Å². The van der Waals surface area contributed by atoms with Crippen LogP contribution in [0.1, 0.15) is 13.8 Å². The first kappa shape index (κ1) is 13.3. The summed E-state index contributed by atoms with van der Waals surface area (Å²) in [4.78, 5) is 11.3. The van der Waals surface area contributed by atoms with Gasteiger partial charge >= 0.3 is 5.97 Å². The third-order valence-corrected chi connectivity index (χ3v) is 2.40. The number of ether oxygens (including phenoxy) is 4. The molecule has 0 aliphatic carbocycles. The molecule has 0 N–H and O–H groups in total. The van der Waals surface area contributed by atoms with Crippen molar-refractivity contribution in [2.75, 3.05) is 19.8 Å². The van der Waals surface area contributed by atoms with E-state index in [1.54, 1.807) is 32.0 Å². The molecule has 2 rings (SSSR count). The minimum atomic E-state index is -0.419. The number of fused-ring (bicyclic) bond motifs is 1. The van der Waals surface area contributed by atoms with Gasteiger partial charge in [0.15, 0.2) is 11.5 Å². The normalized spacial score (nSPS) is 13.9. The molecule has 5 nitrogen and oxygen atoms in total. The molecular weight excluding hydrogens is 248 g/mol. The Morgan fingerprint density at radius 3 is 2.79 bits per heavy atom. The lowest BCUT2D eigenvalue weighted by Gasteiger charge is -2.18. The monoisotopic (exact) mass is 264 g/mol. The molecular formula is C14H16O5. The van der Waals surface area contributed by atoms with Gasteiger partial charge in [0.25, 0.3) is 0 Å². The van der Waals surface area contributed by atoms with Crippen molar-refractivity contribution in [3.63, 3.8) is 0 Å². The highest BCUT2D eigenvalue weighted by Crippen LogP contribution is 2.34. The molecule has 1 heterocycles. The fraction of sp³-hybridized carbons (Fsp3) is 0.357. The van der Waals surface area contributed by atoms with E-state index in [9.17, 15) is 4.79 Å². The fourth-order valence-corrected chi connectivity index (χ4v) is 1.65. The van der Waals surface area contributed by atoms with Gasteiger partial charge in [-0.2, -0.15) is 0 Å². The first-order chi connectivity index (χ1) is 9.19. The minimum absolute atomic E-state index is 0.340. The Hall–Kier alpha value is -2.17. The van der Waals surface area contributed by atoms with Gasteiger partial charge in [-0.1, -0.05) is 0 Å². The molecule has 102 valence electrons. The molecule has 1 aliphatic rings. The predicted octanol–water partition coefficient (Wildman–Crippen LogP) is 2.30. The summed E-state index contributed by atoms with van der Waals surface area (Å²) in [7, 11) is 0. The molecule has 0 bridgehead atoms. The molecule has 19 heavy (non-hydrogen) atoms. The fourth-order valence-electron chi connectivity index (χ4n) is 1.65. The van der Waals surface area contributed by atoms with E-state index in [2.05, 4.69) is 0 Å². The Kier molecular flexibility index (Phi) is 4.28. The molecule has 0 saturated carbocycles. The summed E-state index contributed by atoms with van der Waals surface area (Å²) in [5.74, 6) is 1.97. The molecule has 1 aromatic carbocycles. The van der Waals surface area contributed by atoms with Crippen LogP contribution in [0.5, 0.6) is 17.2 Å². The first-order valence-electron chi connectivity index (χ1n) is 6.11. The Morgan fingerprint density at radius 2 is 2.05 bits per heavy atom. The van der Waals surface area contributed by atoms with E-state index in [4.69, 9.17) is 18.9 Å². The van der Waals surface area contributed by atoms with Crippen LogP contribution in [0.15, 0.2) is 30.0 Å². The number of rotatable bonds is 4. The summed E-state index contributed by atoms with van der Waals surface area (Å²) in [6, 6.07) is 5.27. The van der Waals surface area contributed by atoms with E-state index in [1.165, 1.54) is 6.08 Å². The summed E-state index contributed by atoms with van der Waals surface area (Å²) < 4.78 is 21.2. The highest BCUT2D eigenvalue weighted by atomic mass is 16.6. The summed E-state index contributed by atoms with van der Waals surface area (Å²) in [5, 5.41) is 0. The zero-order valence-corrected chi connectivity index (χ0v) is 11.0. The van der Waals surface area contributed by atoms with E-state index >= 15 is 0 Å². The van der Waals surface area contributed by atoms with E-state index in [-0.39, 0.29) is 0 Å². The highest BCUT2D eigenvalue weighted by Gasteiger charge is 2.12. The molecule has 5 heteroatoms. The van der Waals surface area contributed by atoms with Crippen molar-refractivity contribution in [1.82, 2.24) is 0 Å². The number of benzene rings is 1. The van der Waals surface area contributed by atoms with E-state index < -0.39 is 5.97 Å². The van der Waals surface area contributed by atoms with E-state index in [0.717, 1.165) is 0 Å². The van der Waals surface area contributed by atoms with Crippen molar-refractivity contribution in [3.05, 3.63) is 30.0 Å². The lowest BCUT2D eigenvalue weighted by molar-refractivity contribution is -0.137. The van der Waals surface area contributed by atoms with Crippen LogP contribution >= 0.6 is 0 Å². The van der Waals surface area contributed by atoms with Gasteiger partial charge in [-0.05, 0) is 26.0 Å². The van der Waals surface area contributed by atoms with Crippen molar-refractivity contribution in [2.45, 2.75) is 13.8 Å². The number of allylic oxidation sites excluding steroid dienone is 1. The van der Waals surface area contributed by atoms with Gasteiger partial charge in [-0.15, -0.1) is 0 Å². The summed E-state index contributed by atoms with van der Waals surface area (Å²) in [6.45, 7) is 4.85. The number of hydrogen-bond donors (Lipinski definition) is 0. The highest BCUT2D eigenvalue weighted by molar-refractivity contribution is 5.82. The molecule has 1 aliphatic heterocycles. The second-order valence-corrected chi connectivity index (χ2v) is 3.91. The van der Waals surface area contributed by atoms with Crippen LogP contribution in [0.3, 0.4) is 0 Å². The zero-order valence-electron chi connectivity index (χ0n) is 11.0. The van der Waals surface area contributed by atoms with Gasteiger partial charge in [-0.3, -0.25) is 0 Å². The summed E-state index contributed by atoms with van der Waals surface area (Å²) in [5.41, 5.74) is 0. The molecule has 0 radical (unpaired) electrons. The maximum Gasteiger partial charge on any atom is 0.334 e. The molecule has 1 aromatic rings. The van der Waals surface area contributed by atoms with E-state index in [0.29, 0.717) is 42.8 Å². The van der Waals surface area contributed by atoms with Gasteiger partial charge < -0.3 is 18.9 Å². The molecule has 0 saturated heterocycles. The SMILES string of the molecule is CCOC(=O)C=C(C)Oc1ccc2c(c1)OCCO2. The third-order valence-electron chi connectivity index (χ3n) is 2.40. The maximum absolute atomic E-state index is 11.3. The maximum atomic E-state index is 11.3. The number of carbonyl (C=O) groups is 1. The quantitative estimate of drug-likeness (QED) is 0.474. The van der Waals surface area contributed by atoms with Crippen LogP contribution in [0.4, 0.5) is 0 Å². The first-order valence-corrected chi connectivity index (χ1v) is 6.11. The van der Waals surface area contributed by atoms with Crippen molar-refractivity contribution < 1.29 is 23.7 Å². The average Bonchev–Trinajstić information content (AvgIpc) is 2.38. The van der Waals surface area contributed by atoms with Gasteiger partial charge in [-0.25, -0.2) is 4.79 Å². The molecule has 0 fully saturated rings. The van der Waals surface area contributed by atoms with Gasteiger partial charge in [0, 0.05) is 6.07 Å². The molecule has 0 spiro atoms. The predicted molar refractivity (Wildman–Crippen MR) is 68.5 cm³/mol. The van der Waals surface area contributed by atoms with Gasteiger partial charge in [0.2, 0.25) is 0 Å². The Balaban J connectivity index is 2.04. The van der Waals surface area contributed by atoms with E-state index in [1.807, 2.05) is 0 Å². The molecule has 0 aromatic heterocycles. The third kappa shape index (κ3) is 3.64. The standard InChI is InChI=1S/C14H16O5/c1-3-16-14(15)8-10(2)19-11-4-5-12-13(9-11)18-7-6-17-12/h4-5,8-9H,3,6-7H2,1-2H3. The van der Waals surface area contributed by atoms with Gasteiger partial charge in [0.05, 0.1) is 12.7 Å². The van der Waals surface area contributed by atoms with Crippen molar-refractivity contribution in [3.8, 4) is 17.2 Å². The number of hydrogen-bond acceptors (Lipinski definition) is 5. The minimum Gasteiger partial charge on any atom is -0.486 e. The molecule has 0 unspecified atom stereocenters. The van der Waals surface area contributed by atoms with Crippen LogP contribution in [0, 0.1) is 0 Å². The number of carbonyl (C=O) groups excluding carboxylic acids is 1. The van der Waals surface area contributed by atoms with Gasteiger partial charge in [0.1, 0.15) is 24.7 Å². The van der Waals surface area contributed by atoms with Crippen LogP contribution < -0.4 is 14.2 Å². The molecule has 0 atom stereocenters. The number of esters is 1. The molecule has 0 amide bonds. The Labute approximate surface area is 111 Å². The van der Waals surface area contributed by atoms with Crippen molar-refractivity contribution in [2.24, 2.45) is 0 Å². The second-order valence-electron chi connectivity index (χ2n) is 3.91. The van der Waals surface area contributed by atoms with Crippen LogP contribution in [-0.2, 0) is 9.53 Å².